The van der Waals surface area contributed by atoms with Gasteiger partial charge in [0.1, 0.15) is 0 Å². The van der Waals surface area contributed by atoms with Gasteiger partial charge in [0.25, 0.3) is 0 Å². The molecule has 2 aromatic carbocycles. The molecule has 3 rings (SSSR count). The second-order valence-electron chi connectivity index (χ2n) is 4.97. The fourth-order valence-corrected chi connectivity index (χ4v) is 3.59. The number of carbonyl (C=O) groups is 1. The number of hydrogen-bond acceptors (Lipinski definition) is 5. The zero-order valence-corrected chi connectivity index (χ0v) is 14.9. The Kier molecular flexibility index (Phi) is 4.80. The lowest BCUT2D eigenvalue weighted by molar-refractivity contribution is 0.108. The van der Waals surface area contributed by atoms with Gasteiger partial charge in [-0.3, -0.25) is 4.79 Å². The smallest absolute Gasteiger partial charge is 0.230 e. The van der Waals surface area contributed by atoms with E-state index in [4.69, 9.17) is 28.9 Å². The molecule has 1 heterocycles. The minimum absolute atomic E-state index is 0.267. The quantitative estimate of drug-likeness (QED) is 0.542. The summed E-state index contributed by atoms with van der Waals surface area (Å²) in [5, 5.41) is 8.99. The molecule has 3 aromatic rings. The van der Waals surface area contributed by atoms with E-state index in [0.717, 1.165) is 17.3 Å². The highest BCUT2D eigenvalue weighted by Gasteiger charge is 2.20. The third-order valence-electron chi connectivity index (χ3n) is 3.35. The Hall–Kier alpha value is -2.02. The van der Waals surface area contributed by atoms with Crippen LogP contribution in [-0.2, 0) is 7.05 Å². The second-order valence-corrected chi connectivity index (χ2v) is 6.73. The fourth-order valence-electron chi connectivity index (χ4n) is 2.11. The molecule has 0 aliphatic rings. The molecule has 0 fully saturated rings. The van der Waals surface area contributed by atoms with Crippen LogP contribution in [0.5, 0.6) is 0 Å². The molecule has 24 heavy (non-hydrogen) atoms. The average Bonchev–Trinajstić information content (AvgIpc) is 2.89. The molecule has 0 bridgehead atoms. The summed E-state index contributed by atoms with van der Waals surface area (Å²) >= 11 is 13.1. The number of thioether (sulfide) groups is 1. The monoisotopic (exact) mass is 378 g/mol. The molecule has 0 amide bonds. The van der Waals surface area contributed by atoms with Crippen LogP contribution in [-0.4, -0.2) is 19.9 Å². The molecular formula is C16H12Cl2N4OS. The summed E-state index contributed by atoms with van der Waals surface area (Å²) in [5.74, 6) is 0.635. The van der Waals surface area contributed by atoms with E-state index >= 15 is 0 Å². The summed E-state index contributed by atoms with van der Waals surface area (Å²) in [6.07, 6.45) is 0. The first-order valence-electron chi connectivity index (χ1n) is 6.89. The SMILES string of the molecule is Cn1c(SC(=O)c2c(Cl)cccc2Cl)nnc1-c1ccc(N)cc1. The molecule has 122 valence electrons. The molecule has 0 unspecified atom stereocenters. The number of nitrogen functional groups attached to an aromatic ring is 1. The lowest BCUT2D eigenvalue weighted by atomic mass is 10.2. The Balaban J connectivity index is 1.89. The minimum atomic E-state index is -0.287. The van der Waals surface area contributed by atoms with E-state index in [1.165, 1.54) is 0 Å². The van der Waals surface area contributed by atoms with Gasteiger partial charge in [-0.2, -0.15) is 0 Å². The highest BCUT2D eigenvalue weighted by Crippen LogP contribution is 2.32. The van der Waals surface area contributed by atoms with Crippen LogP contribution in [0.2, 0.25) is 10.0 Å². The van der Waals surface area contributed by atoms with Crippen molar-refractivity contribution in [2.45, 2.75) is 5.16 Å². The maximum Gasteiger partial charge on any atom is 0.230 e. The molecule has 8 heteroatoms. The van der Waals surface area contributed by atoms with Gasteiger partial charge in [0.2, 0.25) is 5.12 Å². The lowest BCUT2D eigenvalue weighted by Crippen LogP contribution is -2.00. The van der Waals surface area contributed by atoms with Crippen LogP contribution in [0.1, 0.15) is 10.4 Å². The van der Waals surface area contributed by atoms with Gasteiger partial charge >= 0.3 is 0 Å². The standard InChI is InChI=1S/C16H12Cl2N4OS/c1-22-14(9-5-7-10(19)8-6-9)20-21-16(22)24-15(23)13-11(17)3-2-4-12(13)18/h2-8H,19H2,1H3. The van der Waals surface area contributed by atoms with Gasteiger partial charge in [-0.15, -0.1) is 10.2 Å². The Labute approximate surface area is 152 Å². The summed E-state index contributed by atoms with van der Waals surface area (Å²) in [5.41, 5.74) is 7.48. The van der Waals surface area contributed by atoms with Crippen LogP contribution in [0, 0.1) is 0 Å². The third-order valence-corrected chi connectivity index (χ3v) is 4.91. The maximum atomic E-state index is 12.5. The summed E-state index contributed by atoms with van der Waals surface area (Å²) in [6, 6.07) is 12.2. The van der Waals surface area contributed by atoms with Gasteiger partial charge < -0.3 is 10.3 Å². The van der Waals surface area contributed by atoms with Crippen LogP contribution in [0.3, 0.4) is 0 Å². The predicted octanol–water partition coefficient (Wildman–Crippen LogP) is 4.30. The molecule has 0 radical (unpaired) electrons. The molecule has 0 aliphatic carbocycles. The van der Waals surface area contributed by atoms with Crippen LogP contribution in [0.15, 0.2) is 47.6 Å². The van der Waals surface area contributed by atoms with Crippen molar-refractivity contribution in [1.29, 1.82) is 0 Å². The van der Waals surface area contributed by atoms with Gasteiger partial charge in [0, 0.05) is 18.3 Å². The summed E-state index contributed by atoms with van der Waals surface area (Å²) < 4.78 is 1.73. The van der Waals surface area contributed by atoms with Crippen molar-refractivity contribution in [3.8, 4) is 11.4 Å². The topological polar surface area (TPSA) is 73.8 Å². The van der Waals surface area contributed by atoms with Gasteiger partial charge in [0.15, 0.2) is 11.0 Å². The summed E-state index contributed by atoms with van der Waals surface area (Å²) in [7, 11) is 1.79. The van der Waals surface area contributed by atoms with Gasteiger partial charge in [-0.05, 0) is 48.2 Å². The fraction of sp³-hybridized carbons (Fsp3) is 0.0625. The molecule has 0 spiro atoms. The normalized spacial score (nSPS) is 10.8. The summed E-state index contributed by atoms with van der Waals surface area (Å²) in [6.45, 7) is 0. The molecule has 0 aliphatic heterocycles. The molecule has 0 saturated heterocycles. The van der Waals surface area contributed by atoms with E-state index in [9.17, 15) is 4.79 Å². The average molecular weight is 379 g/mol. The number of nitrogens with zero attached hydrogens (tertiary/aromatic N) is 3. The number of benzene rings is 2. The number of halogens is 2. The number of rotatable bonds is 3. The van der Waals surface area contributed by atoms with Crippen molar-refractivity contribution >= 4 is 45.8 Å². The molecule has 0 saturated carbocycles. The lowest BCUT2D eigenvalue weighted by Gasteiger charge is -2.06. The number of nitrogens with two attached hydrogens (primary N) is 1. The number of carbonyl (C=O) groups excluding carboxylic acids is 1. The van der Waals surface area contributed by atoms with E-state index in [1.807, 2.05) is 12.1 Å². The van der Waals surface area contributed by atoms with E-state index in [2.05, 4.69) is 10.2 Å². The Morgan fingerprint density at radius 2 is 1.71 bits per heavy atom. The van der Waals surface area contributed by atoms with Crippen molar-refractivity contribution in [2.24, 2.45) is 7.05 Å². The first kappa shape index (κ1) is 16.8. The highest BCUT2D eigenvalue weighted by atomic mass is 35.5. The Morgan fingerprint density at radius 3 is 2.33 bits per heavy atom. The van der Waals surface area contributed by atoms with E-state index in [0.29, 0.717) is 26.7 Å². The van der Waals surface area contributed by atoms with Crippen LogP contribution >= 0.6 is 35.0 Å². The molecular weight excluding hydrogens is 367 g/mol. The number of anilines is 1. The second kappa shape index (κ2) is 6.84. The predicted molar refractivity (Wildman–Crippen MR) is 97.5 cm³/mol. The first-order chi connectivity index (χ1) is 11.5. The van der Waals surface area contributed by atoms with E-state index in [-0.39, 0.29) is 10.7 Å². The zero-order valence-electron chi connectivity index (χ0n) is 12.5. The first-order valence-corrected chi connectivity index (χ1v) is 8.46. The third kappa shape index (κ3) is 3.26. The van der Waals surface area contributed by atoms with Gasteiger partial charge in [0.05, 0.1) is 15.6 Å². The maximum absolute atomic E-state index is 12.5. The van der Waals surface area contributed by atoms with Crippen molar-refractivity contribution in [2.75, 3.05) is 5.73 Å². The van der Waals surface area contributed by atoms with E-state index < -0.39 is 0 Å². The number of hydrogen-bond donors (Lipinski definition) is 1. The molecule has 2 N–H and O–H groups in total. The largest absolute Gasteiger partial charge is 0.399 e. The minimum Gasteiger partial charge on any atom is -0.399 e. The molecule has 0 atom stereocenters. The Bertz CT molecular complexity index is 889. The van der Waals surface area contributed by atoms with Gasteiger partial charge in [-0.25, -0.2) is 0 Å². The van der Waals surface area contributed by atoms with E-state index in [1.54, 1.807) is 41.9 Å². The van der Waals surface area contributed by atoms with Crippen molar-refractivity contribution < 1.29 is 4.79 Å². The number of aromatic nitrogens is 3. The molecule has 1 aromatic heterocycles. The summed E-state index contributed by atoms with van der Waals surface area (Å²) in [4.78, 5) is 12.5. The molecule has 5 nitrogen and oxygen atoms in total. The Morgan fingerprint density at radius 1 is 1.08 bits per heavy atom. The van der Waals surface area contributed by atoms with Crippen LogP contribution in [0.4, 0.5) is 5.69 Å². The van der Waals surface area contributed by atoms with Crippen molar-refractivity contribution in [3.05, 3.63) is 58.1 Å². The van der Waals surface area contributed by atoms with Gasteiger partial charge in [-0.1, -0.05) is 29.3 Å². The zero-order chi connectivity index (χ0) is 17.3. The van der Waals surface area contributed by atoms with Crippen molar-refractivity contribution in [1.82, 2.24) is 14.8 Å². The van der Waals surface area contributed by atoms with Crippen molar-refractivity contribution in [3.63, 3.8) is 0 Å². The highest BCUT2D eigenvalue weighted by molar-refractivity contribution is 8.14. The van der Waals surface area contributed by atoms with Crippen LogP contribution in [0.25, 0.3) is 11.4 Å². The van der Waals surface area contributed by atoms with Crippen LogP contribution < -0.4 is 5.73 Å².